The summed E-state index contributed by atoms with van der Waals surface area (Å²) in [7, 11) is -0.388. The van der Waals surface area contributed by atoms with E-state index in [-0.39, 0.29) is 21.7 Å². The van der Waals surface area contributed by atoms with Gasteiger partial charge in [0.1, 0.15) is 24.0 Å². The van der Waals surface area contributed by atoms with Crippen LogP contribution in [-0.2, 0) is 18.8 Å². The number of esters is 1. The van der Waals surface area contributed by atoms with Crippen molar-refractivity contribution in [2.24, 2.45) is 0 Å². The Morgan fingerprint density at radius 1 is 1.31 bits per heavy atom. The Hall–Kier alpha value is -2.70. The van der Waals surface area contributed by atoms with Crippen LogP contribution < -0.4 is 16.3 Å². The minimum atomic E-state index is -2.46. The number of aromatic hydroxyl groups is 1. The quantitative estimate of drug-likeness (QED) is 0.225. The molecule has 1 fully saturated rings. The Bertz CT molecular complexity index is 1110. The smallest absolute Gasteiger partial charge is 0.330 e. The van der Waals surface area contributed by atoms with Gasteiger partial charge in [-0.25, -0.2) is 9.18 Å². The average Bonchev–Trinajstić information content (AvgIpc) is 3.03. The van der Waals surface area contributed by atoms with Crippen LogP contribution in [-0.4, -0.2) is 62.4 Å². The summed E-state index contributed by atoms with van der Waals surface area (Å²) in [6.45, 7) is 5.73. The van der Waals surface area contributed by atoms with Crippen molar-refractivity contribution in [1.82, 2.24) is 14.6 Å². The number of benzene rings is 1. The number of aromatic nitrogens is 2. The number of phenolic OH excluding ortho intramolecular Hbond substituents is 1. The standard InChI is InChI=1S/C16H24F2N3O7P.C6H6O/c1-7(2)27-13(24)8(3)20-29-26-6-10-11(22)16(4,18)14(28-10)21-5-9(17)12(23)19-15(21)25;7-6-4-2-1-3-5-6/h5,7-8,10-11,14,20,22,29H,6H2,1-4H3,(H,19,23,25);1-5,7H/t8?,10?,11-,14?,16?;/m0./s1. The van der Waals surface area contributed by atoms with Crippen LogP contribution in [0.15, 0.2) is 46.1 Å². The number of aromatic amines is 1. The molecule has 11 nitrogen and oxygen atoms in total. The zero-order valence-corrected chi connectivity index (χ0v) is 21.1. The molecule has 5 unspecified atom stereocenters. The van der Waals surface area contributed by atoms with E-state index in [0.29, 0.717) is 16.5 Å². The van der Waals surface area contributed by atoms with Gasteiger partial charge in [-0.3, -0.25) is 24.2 Å². The highest BCUT2D eigenvalue weighted by Gasteiger charge is 2.55. The molecule has 0 bridgehead atoms. The number of alkyl halides is 1. The van der Waals surface area contributed by atoms with E-state index >= 15 is 4.39 Å². The van der Waals surface area contributed by atoms with Gasteiger partial charge in [-0.05, 0) is 39.8 Å². The molecule has 0 amide bonds. The fourth-order valence-electron chi connectivity index (χ4n) is 3.06. The summed E-state index contributed by atoms with van der Waals surface area (Å²) in [5.74, 6) is -1.45. The lowest BCUT2D eigenvalue weighted by Gasteiger charge is -2.24. The lowest BCUT2D eigenvalue weighted by molar-refractivity contribution is -0.148. The number of nitrogens with zero attached hydrogens (tertiary/aromatic N) is 1. The molecule has 14 heteroatoms. The molecule has 0 saturated carbocycles. The highest BCUT2D eigenvalue weighted by molar-refractivity contribution is 7.29. The topological polar surface area (TPSA) is 152 Å². The summed E-state index contributed by atoms with van der Waals surface area (Å²) >= 11 is 0. The molecule has 1 aliphatic heterocycles. The van der Waals surface area contributed by atoms with E-state index in [1.54, 1.807) is 50.0 Å². The van der Waals surface area contributed by atoms with E-state index in [1.165, 1.54) is 0 Å². The van der Waals surface area contributed by atoms with Crippen molar-refractivity contribution in [1.29, 1.82) is 0 Å². The van der Waals surface area contributed by atoms with Crippen LogP contribution in [0.5, 0.6) is 5.75 Å². The molecule has 2 aromatic rings. The van der Waals surface area contributed by atoms with Crippen LogP contribution in [0.4, 0.5) is 8.78 Å². The second-order valence-corrected chi connectivity index (χ2v) is 9.15. The number of aliphatic hydroxyl groups is 1. The molecule has 36 heavy (non-hydrogen) atoms. The predicted molar refractivity (Wildman–Crippen MR) is 127 cm³/mol. The molecular formula is C22H30F2N3O8P. The molecular weight excluding hydrogens is 503 g/mol. The molecule has 1 aliphatic rings. The Morgan fingerprint density at radius 2 is 1.94 bits per heavy atom. The number of nitrogens with one attached hydrogen (secondary N) is 2. The number of hydrogen-bond acceptors (Lipinski definition) is 9. The lowest BCUT2D eigenvalue weighted by atomic mass is 9.98. The fourth-order valence-corrected chi connectivity index (χ4v) is 3.69. The number of hydrogen-bond donors (Lipinski definition) is 4. The number of para-hydroxylation sites is 1. The maximum absolute atomic E-state index is 15.0. The highest BCUT2D eigenvalue weighted by atomic mass is 31.1. The first-order valence-corrected chi connectivity index (χ1v) is 11.9. The van der Waals surface area contributed by atoms with Gasteiger partial charge in [0.05, 0.1) is 27.9 Å². The predicted octanol–water partition coefficient (Wildman–Crippen LogP) is 1.51. The molecule has 3 rings (SSSR count). The molecule has 1 aromatic carbocycles. The van der Waals surface area contributed by atoms with Gasteiger partial charge >= 0.3 is 11.7 Å². The molecule has 1 saturated heterocycles. The van der Waals surface area contributed by atoms with Crippen LogP contribution >= 0.6 is 8.96 Å². The first-order chi connectivity index (χ1) is 16.8. The molecule has 0 spiro atoms. The second-order valence-electron chi connectivity index (χ2n) is 8.37. The van der Waals surface area contributed by atoms with Gasteiger partial charge < -0.3 is 24.2 Å². The fraction of sp³-hybridized carbons (Fsp3) is 0.500. The van der Waals surface area contributed by atoms with E-state index in [4.69, 9.17) is 19.1 Å². The van der Waals surface area contributed by atoms with Crippen LogP contribution in [0, 0.1) is 5.82 Å². The number of aliphatic hydroxyl groups excluding tert-OH is 1. The van der Waals surface area contributed by atoms with Gasteiger partial charge in [-0.1, -0.05) is 18.2 Å². The van der Waals surface area contributed by atoms with Crippen LogP contribution in [0.3, 0.4) is 0 Å². The van der Waals surface area contributed by atoms with E-state index in [1.807, 2.05) is 6.07 Å². The molecule has 2 heterocycles. The van der Waals surface area contributed by atoms with Gasteiger partial charge in [-0.15, -0.1) is 0 Å². The van der Waals surface area contributed by atoms with Crippen molar-refractivity contribution in [2.75, 3.05) is 6.61 Å². The van der Waals surface area contributed by atoms with Crippen molar-refractivity contribution in [3.63, 3.8) is 0 Å². The van der Waals surface area contributed by atoms with Gasteiger partial charge in [0.2, 0.25) is 5.82 Å². The Morgan fingerprint density at radius 3 is 2.50 bits per heavy atom. The third kappa shape index (κ3) is 7.90. The SMILES string of the molecule is CC(C)OC(=O)C(C)NPOCC1OC(n2cc(F)c(=O)[nH]c2=O)C(C)(F)[C@H]1O.Oc1ccccc1. The molecule has 4 N–H and O–H groups in total. The first-order valence-electron chi connectivity index (χ1n) is 10.9. The Balaban J connectivity index is 0.000000558. The van der Waals surface area contributed by atoms with Crippen LogP contribution in [0.1, 0.15) is 33.9 Å². The Labute approximate surface area is 207 Å². The summed E-state index contributed by atoms with van der Waals surface area (Å²) in [4.78, 5) is 36.4. The zero-order chi connectivity index (χ0) is 27.0. The summed E-state index contributed by atoms with van der Waals surface area (Å²) in [5.41, 5.74) is -4.80. The summed E-state index contributed by atoms with van der Waals surface area (Å²) in [6, 6.07) is 8.07. The number of ether oxygens (including phenoxy) is 2. The summed E-state index contributed by atoms with van der Waals surface area (Å²) < 4.78 is 44.7. The van der Waals surface area contributed by atoms with Gasteiger partial charge in [0, 0.05) is 0 Å². The van der Waals surface area contributed by atoms with Crippen LogP contribution in [0.25, 0.3) is 0 Å². The zero-order valence-electron chi connectivity index (χ0n) is 20.1. The molecule has 200 valence electrons. The number of phenols is 1. The monoisotopic (exact) mass is 533 g/mol. The third-order valence-electron chi connectivity index (χ3n) is 4.95. The maximum atomic E-state index is 15.0. The highest BCUT2D eigenvalue weighted by Crippen LogP contribution is 2.41. The molecule has 0 aliphatic carbocycles. The third-order valence-corrected chi connectivity index (χ3v) is 5.81. The number of H-pyrrole nitrogens is 1. The van der Waals surface area contributed by atoms with E-state index in [2.05, 4.69) is 5.09 Å². The molecule has 6 atom stereocenters. The van der Waals surface area contributed by atoms with E-state index in [0.717, 1.165) is 6.92 Å². The minimum absolute atomic E-state index is 0.265. The largest absolute Gasteiger partial charge is 0.508 e. The number of rotatable bonds is 8. The average molecular weight is 533 g/mol. The molecule has 0 radical (unpaired) electrons. The van der Waals surface area contributed by atoms with Gasteiger partial charge in [0.25, 0.3) is 5.56 Å². The molecule has 1 aromatic heterocycles. The minimum Gasteiger partial charge on any atom is -0.508 e. The van der Waals surface area contributed by atoms with Crippen molar-refractivity contribution >= 4 is 14.9 Å². The van der Waals surface area contributed by atoms with Crippen molar-refractivity contribution in [2.45, 2.75) is 63.9 Å². The summed E-state index contributed by atoms with van der Waals surface area (Å²) in [5, 5.41) is 21.6. The van der Waals surface area contributed by atoms with E-state index < -0.39 is 53.2 Å². The second kappa shape index (κ2) is 13.0. The maximum Gasteiger partial charge on any atom is 0.330 e. The van der Waals surface area contributed by atoms with Crippen molar-refractivity contribution in [3.05, 3.63) is 63.2 Å². The normalized spacial score (nSPS) is 24.5. The first kappa shape index (κ1) is 29.5. The van der Waals surface area contributed by atoms with Crippen molar-refractivity contribution in [3.8, 4) is 5.75 Å². The number of carbonyl (C=O) groups excluding carboxylic acids is 1. The van der Waals surface area contributed by atoms with Crippen molar-refractivity contribution < 1.29 is 37.8 Å². The number of halogens is 2. The van der Waals surface area contributed by atoms with Crippen LogP contribution in [0.2, 0.25) is 0 Å². The lowest BCUT2D eigenvalue weighted by Crippen LogP contribution is -2.44. The number of carbonyl (C=O) groups is 1. The Kier molecular flexibility index (Phi) is 10.7. The van der Waals surface area contributed by atoms with E-state index in [9.17, 15) is 23.9 Å². The van der Waals surface area contributed by atoms with Gasteiger partial charge in [-0.2, -0.15) is 4.39 Å². The van der Waals surface area contributed by atoms with Gasteiger partial charge in [0.15, 0.2) is 11.9 Å². The summed E-state index contributed by atoms with van der Waals surface area (Å²) in [6.07, 6.45) is -4.29.